The Morgan fingerprint density at radius 3 is 2.69 bits per heavy atom. The van der Waals surface area contributed by atoms with Crippen LogP contribution < -0.4 is 10.6 Å². The lowest BCUT2D eigenvalue weighted by atomic mass is 9.80. The molecule has 0 aromatic rings. The molecule has 2 aliphatic rings. The summed E-state index contributed by atoms with van der Waals surface area (Å²) in [6.07, 6.45) is 5.80. The van der Waals surface area contributed by atoms with Crippen molar-refractivity contribution in [3.8, 4) is 0 Å². The van der Waals surface area contributed by atoms with E-state index in [0.29, 0.717) is 12.0 Å². The minimum atomic E-state index is 0.0755. The third-order valence-corrected chi connectivity index (χ3v) is 4.14. The molecule has 0 spiro atoms. The van der Waals surface area contributed by atoms with Gasteiger partial charge in [0.1, 0.15) is 0 Å². The monoisotopic (exact) mass is 224 g/mol. The van der Waals surface area contributed by atoms with Crippen LogP contribution >= 0.6 is 0 Å². The van der Waals surface area contributed by atoms with Crippen molar-refractivity contribution < 1.29 is 4.79 Å². The quantitative estimate of drug-likeness (QED) is 0.749. The van der Waals surface area contributed by atoms with Gasteiger partial charge in [0.15, 0.2) is 0 Å². The summed E-state index contributed by atoms with van der Waals surface area (Å²) in [5.41, 5.74) is 0. The molecule has 1 saturated heterocycles. The van der Waals surface area contributed by atoms with Crippen molar-refractivity contribution >= 4 is 5.91 Å². The van der Waals surface area contributed by atoms with Crippen LogP contribution in [0, 0.1) is 11.8 Å². The summed E-state index contributed by atoms with van der Waals surface area (Å²) in [5, 5.41) is 6.49. The Balaban J connectivity index is 1.82. The molecule has 4 atom stereocenters. The van der Waals surface area contributed by atoms with E-state index in [-0.39, 0.29) is 11.9 Å². The van der Waals surface area contributed by atoms with Crippen LogP contribution in [-0.4, -0.2) is 24.5 Å². The first kappa shape index (κ1) is 11.9. The van der Waals surface area contributed by atoms with Crippen molar-refractivity contribution in [3.63, 3.8) is 0 Å². The van der Waals surface area contributed by atoms with Crippen LogP contribution in [0.1, 0.15) is 46.0 Å². The average molecular weight is 224 g/mol. The molecular weight excluding hydrogens is 200 g/mol. The third-order valence-electron chi connectivity index (χ3n) is 4.14. The fourth-order valence-corrected chi connectivity index (χ4v) is 3.07. The first-order chi connectivity index (χ1) is 7.66. The highest BCUT2D eigenvalue weighted by molar-refractivity contribution is 5.82. The van der Waals surface area contributed by atoms with Crippen molar-refractivity contribution in [2.75, 3.05) is 6.54 Å². The topological polar surface area (TPSA) is 41.1 Å². The Kier molecular flexibility index (Phi) is 3.85. The summed E-state index contributed by atoms with van der Waals surface area (Å²) in [7, 11) is 0. The maximum Gasteiger partial charge on any atom is 0.237 e. The van der Waals surface area contributed by atoms with Gasteiger partial charge in [0.05, 0.1) is 6.04 Å². The van der Waals surface area contributed by atoms with Crippen LogP contribution in [-0.2, 0) is 4.79 Å². The Labute approximate surface area is 98.4 Å². The molecule has 16 heavy (non-hydrogen) atoms. The highest BCUT2D eigenvalue weighted by atomic mass is 16.2. The van der Waals surface area contributed by atoms with E-state index < -0.39 is 0 Å². The number of hydrogen-bond acceptors (Lipinski definition) is 2. The number of carbonyl (C=O) groups excluding carboxylic acids is 1. The molecule has 3 nitrogen and oxygen atoms in total. The van der Waals surface area contributed by atoms with Gasteiger partial charge in [0, 0.05) is 6.04 Å². The van der Waals surface area contributed by atoms with Gasteiger partial charge in [-0.3, -0.25) is 4.79 Å². The van der Waals surface area contributed by atoms with Gasteiger partial charge < -0.3 is 10.6 Å². The molecule has 0 aromatic carbocycles. The normalized spacial score (nSPS) is 39.6. The molecule has 92 valence electrons. The van der Waals surface area contributed by atoms with E-state index in [0.717, 1.165) is 31.7 Å². The van der Waals surface area contributed by atoms with Crippen molar-refractivity contribution in [3.05, 3.63) is 0 Å². The maximum atomic E-state index is 12.0. The smallest absolute Gasteiger partial charge is 0.237 e. The van der Waals surface area contributed by atoms with Crippen molar-refractivity contribution in [1.82, 2.24) is 10.6 Å². The highest BCUT2D eigenvalue weighted by Gasteiger charge is 2.29. The Bertz CT molecular complexity index is 248. The van der Waals surface area contributed by atoms with Crippen LogP contribution in [0.3, 0.4) is 0 Å². The molecule has 1 aliphatic carbocycles. The predicted molar refractivity (Wildman–Crippen MR) is 65.1 cm³/mol. The number of rotatable bonds is 2. The summed E-state index contributed by atoms with van der Waals surface area (Å²) in [5.74, 6) is 1.69. The van der Waals surface area contributed by atoms with Crippen LogP contribution in [0.4, 0.5) is 0 Å². The van der Waals surface area contributed by atoms with Gasteiger partial charge in [-0.2, -0.15) is 0 Å². The van der Waals surface area contributed by atoms with E-state index in [1.807, 2.05) is 0 Å². The molecule has 0 bridgehead atoms. The molecule has 2 N–H and O–H groups in total. The zero-order valence-corrected chi connectivity index (χ0v) is 10.5. The summed E-state index contributed by atoms with van der Waals surface area (Å²) >= 11 is 0. The van der Waals surface area contributed by atoms with Gasteiger partial charge in [-0.25, -0.2) is 0 Å². The Hall–Kier alpha value is -0.570. The number of nitrogens with one attached hydrogen (secondary N) is 2. The third kappa shape index (κ3) is 2.76. The van der Waals surface area contributed by atoms with E-state index in [4.69, 9.17) is 0 Å². The first-order valence-corrected chi connectivity index (χ1v) is 6.70. The summed E-state index contributed by atoms with van der Waals surface area (Å²) < 4.78 is 0. The van der Waals surface area contributed by atoms with Gasteiger partial charge in [-0.15, -0.1) is 0 Å². The minimum absolute atomic E-state index is 0.0755. The second-order valence-corrected chi connectivity index (χ2v) is 5.66. The lowest BCUT2D eigenvalue weighted by Crippen LogP contribution is -2.48. The Morgan fingerprint density at radius 1 is 1.25 bits per heavy atom. The van der Waals surface area contributed by atoms with Crippen LogP contribution in [0.5, 0.6) is 0 Å². The van der Waals surface area contributed by atoms with E-state index in [9.17, 15) is 4.79 Å². The first-order valence-electron chi connectivity index (χ1n) is 6.70. The van der Waals surface area contributed by atoms with E-state index in [1.165, 1.54) is 12.8 Å². The van der Waals surface area contributed by atoms with Crippen LogP contribution in [0.2, 0.25) is 0 Å². The molecule has 2 rings (SSSR count). The molecule has 0 radical (unpaired) electrons. The zero-order chi connectivity index (χ0) is 11.5. The van der Waals surface area contributed by atoms with E-state index in [2.05, 4.69) is 24.5 Å². The van der Waals surface area contributed by atoms with Gasteiger partial charge in [0.25, 0.3) is 0 Å². The number of carbonyl (C=O) groups is 1. The van der Waals surface area contributed by atoms with Crippen LogP contribution in [0.25, 0.3) is 0 Å². The minimum Gasteiger partial charge on any atom is -0.352 e. The van der Waals surface area contributed by atoms with Gasteiger partial charge in [-0.05, 0) is 50.5 Å². The molecule has 3 heteroatoms. The van der Waals surface area contributed by atoms with E-state index in [1.54, 1.807) is 0 Å². The molecule has 1 aliphatic heterocycles. The molecule has 0 aromatic heterocycles. The lowest BCUT2D eigenvalue weighted by Gasteiger charge is -2.33. The SMILES string of the molecule is CC1CCC(NC(=O)C2CCCN2)C(C)C1. The molecular formula is C13H24N2O. The summed E-state index contributed by atoms with van der Waals surface area (Å²) in [4.78, 5) is 12.0. The summed E-state index contributed by atoms with van der Waals surface area (Å²) in [6, 6.07) is 0.484. The molecule has 1 amide bonds. The Morgan fingerprint density at radius 2 is 2.06 bits per heavy atom. The molecule has 1 saturated carbocycles. The van der Waals surface area contributed by atoms with Crippen molar-refractivity contribution in [2.24, 2.45) is 11.8 Å². The van der Waals surface area contributed by atoms with Crippen molar-refractivity contribution in [1.29, 1.82) is 0 Å². The van der Waals surface area contributed by atoms with Gasteiger partial charge in [0.2, 0.25) is 5.91 Å². The fourth-order valence-electron chi connectivity index (χ4n) is 3.07. The molecule has 2 fully saturated rings. The molecule has 4 unspecified atom stereocenters. The van der Waals surface area contributed by atoms with Crippen molar-refractivity contribution in [2.45, 2.75) is 58.0 Å². The second kappa shape index (κ2) is 5.17. The fraction of sp³-hybridized carbons (Fsp3) is 0.923. The standard InChI is InChI=1S/C13H24N2O/c1-9-5-6-11(10(2)8-9)15-13(16)12-4-3-7-14-12/h9-12,14H,3-8H2,1-2H3,(H,15,16). The number of hydrogen-bond donors (Lipinski definition) is 2. The highest BCUT2D eigenvalue weighted by Crippen LogP contribution is 2.28. The predicted octanol–water partition coefficient (Wildman–Crippen LogP) is 1.68. The lowest BCUT2D eigenvalue weighted by molar-refractivity contribution is -0.124. The maximum absolute atomic E-state index is 12.0. The van der Waals surface area contributed by atoms with Crippen LogP contribution in [0.15, 0.2) is 0 Å². The summed E-state index contributed by atoms with van der Waals surface area (Å²) in [6.45, 7) is 5.57. The largest absolute Gasteiger partial charge is 0.352 e. The van der Waals surface area contributed by atoms with Gasteiger partial charge in [-0.1, -0.05) is 13.8 Å². The number of amides is 1. The zero-order valence-electron chi connectivity index (χ0n) is 10.5. The second-order valence-electron chi connectivity index (χ2n) is 5.66. The average Bonchev–Trinajstić information content (AvgIpc) is 2.75. The van der Waals surface area contributed by atoms with E-state index >= 15 is 0 Å². The van der Waals surface area contributed by atoms with Gasteiger partial charge >= 0.3 is 0 Å². The molecule has 1 heterocycles.